The van der Waals surface area contributed by atoms with Crippen LogP contribution in [0.4, 0.5) is 0 Å². The maximum atomic E-state index is 7.16. The van der Waals surface area contributed by atoms with Crippen LogP contribution in [0.15, 0.2) is 0 Å². The Morgan fingerprint density at radius 1 is 1.43 bits per heavy atom. The lowest BCUT2D eigenvalue weighted by Gasteiger charge is -2.36. The summed E-state index contributed by atoms with van der Waals surface area (Å²) in [5, 5.41) is 7.16. The molecular formula is C11H23N3. The molecule has 0 bridgehead atoms. The van der Waals surface area contributed by atoms with Gasteiger partial charge in [0, 0.05) is 19.0 Å². The topological polar surface area (TPSA) is 53.1 Å². The summed E-state index contributed by atoms with van der Waals surface area (Å²) in [6.45, 7) is 6.95. The van der Waals surface area contributed by atoms with Crippen LogP contribution in [0.5, 0.6) is 0 Å². The van der Waals surface area contributed by atoms with Gasteiger partial charge in [0.1, 0.15) is 0 Å². The van der Waals surface area contributed by atoms with Crippen LogP contribution >= 0.6 is 0 Å². The van der Waals surface area contributed by atoms with Gasteiger partial charge in [-0.1, -0.05) is 6.92 Å². The maximum absolute atomic E-state index is 7.16. The SMILES string of the molecule is CC1CCC(C)N(CCCC(=N)N)C1. The first-order valence-corrected chi connectivity index (χ1v) is 5.66. The highest BCUT2D eigenvalue weighted by Gasteiger charge is 2.21. The van der Waals surface area contributed by atoms with Gasteiger partial charge in [-0.15, -0.1) is 0 Å². The molecule has 1 aliphatic heterocycles. The Hall–Kier alpha value is -0.570. The van der Waals surface area contributed by atoms with E-state index < -0.39 is 0 Å². The Morgan fingerprint density at radius 3 is 2.79 bits per heavy atom. The lowest BCUT2D eigenvalue weighted by Crippen LogP contribution is -2.41. The Labute approximate surface area is 87.2 Å². The molecule has 2 unspecified atom stereocenters. The zero-order chi connectivity index (χ0) is 10.6. The highest BCUT2D eigenvalue weighted by atomic mass is 15.2. The van der Waals surface area contributed by atoms with Crippen molar-refractivity contribution in [3.8, 4) is 0 Å². The minimum Gasteiger partial charge on any atom is -0.388 e. The molecule has 14 heavy (non-hydrogen) atoms. The summed E-state index contributed by atoms with van der Waals surface area (Å²) < 4.78 is 0. The first-order chi connectivity index (χ1) is 6.59. The van der Waals surface area contributed by atoms with Crippen molar-refractivity contribution in [2.75, 3.05) is 13.1 Å². The van der Waals surface area contributed by atoms with Crippen LogP contribution in [0.25, 0.3) is 0 Å². The van der Waals surface area contributed by atoms with Gasteiger partial charge in [0.2, 0.25) is 0 Å². The highest BCUT2D eigenvalue weighted by Crippen LogP contribution is 2.21. The summed E-state index contributed by atoms with van der Waals surface area (Å²) in [6.07, 6.45) is 4.47. The number of rotatable bonds is 4. The number of amidine groups is 1. The van der Waals surface area contributed by atoms with Crippen molar-refractivity contribution in [1.82, 2.24) is 4.90 Å². The van der Waals surface area contributed by atoms with E-state index in [1.54, 1.807) is 0 Å². The maximum Gasteiger partial charge on any atom is 0.0905 e. The molecule has 0 amide bonds. The van der Waals surface area contributed by atoms with Crippen molar-refractivity contribution in [2.24, 2.45) is 11.7 Å². The van der Waals surface area contributed by atoms with Crippen LogP contribution in [0, 0.1) is 11.3 Å². The van der Waals surface area contributed by atoms with Gasteiger partial charge in [0.15, 0.2) is 0 Å². The molecule has 0 saturated carbocycles. The van der Waals surface area contributed by atoms with E-state index in [4.69, 9.17) is 11.1 Å². The zero-order valence-corrected chi connectivity index (χ0v) is 9.42. The fourth-order valence-corrected chi connectivity index (χ4v) is 2.16. The molecule has 0 spiro atoms. The number of nitrogens with zero attached hydrogens (tertiary/aromatic N) is 1. The predicted octanol–water partition coefficient (Wildman–Crippen LogP) is 1.82. The van der Waals surface area contributed by atoms with E-state index >= 15 is 0 Å². The second-order valence-corrected chi connectivity index (χ2v) is 4.66. The van der Waals surface area contributed by atoms with Gasteiger partial charge < -0.3 is 10.6 Å². The second kappa shape index (κ2) is 5.35. The molecule has 0 radical (unpaired) electrons. The molecule has 1 fully saturated rings. The molecule has 3 N–H and O–H groups in total. The van der Waals surface area contributed by atoms with Crippen LogP contribution in [0.3, 0.4) is 0 Å². The van der Waals surface area contributed by atoms with Crippen molar-refractivity contribution in [3.63, 3.8) is 0 Å². The van der Waals surface area contributed by atoms with Crippen LogP contribution in [-0.4, -0.2) is 29.9 Å². The number of nitrogens with two attached hydrogens (primary N) is 1. The lowest BCUT2D eigenvalue weighted by atomic mass is 9.95. The van der Waals surface area contributed by atoms with Gasteiger partial charge in [0.25, 0.3) is 0 Å². The standard InChI is InChI=1S/C11H23N3/c1-9-5-6-10(2)14(8-9)7-3-4-11(12)13/h9-10H,3-8H2,1-2H3,(H3,12,13). The van der Waals surface area contributed by atoms with Crippen LogP contribution in [-0.2, 0) is 0 Å². The summed E-state index contributed by atoms with van der Waals surface area (Å²) in [5.74, 6) is 1.16. The van der Waals surface area contributed by atoms with Crippen molar-refractivity contribution in [3.05, 3.63) is 0 Å². The number of nitrogens with one attached hydrogen (secondary N) is 1. The molecule has 1 saturated heterocycles. The van der Waals surface area contributed by atoms with Crippen molar-refractivity contribution >= 4 is 5.84 Å². The van der Waals surface area contributed by atoms with E-state index in [1.807, 2.05) is 0 Å². The van der Waals surface area contributed by atoms with Crippen molar-refractivity contribution in [1.29, 1.82) is 5.41 Å². The summed E-state index contributed by atoms with van der Waals surface area (Å²) in [5.41, 5.74) is 5.33. The predicted molar refractivity (Wildman–Crippen MR) is 60.6 cm³/mol. The monoisotopic (exact) mass is 197 g/mol. The highest BCUT2D eigenvalue weighted by molar-refractivity contribution is 5.76. The smallest absolute Gasteiger partial charge is 0.0905 e. The van der Waals surface area contributed by atoms with E-state index in [-0.39, 0.29) is 0 Å². The number of hydrogen-bond acceptors (Lipinski definition) is 2. The molecule has 3 nitrogen and oxygen atoms in total. The summed E-state index contributed by atoms with van der Waals surface area (Å²) in [4.78, 5) is 2.54. The third-order valence-electron chi connectivity index (χ3n) is 3.14. The Bertz CT molecular complexity index is 191. The molecule has 3 heteroatoms. The normalized spacial score (nSPS) is 29.0. The molecule has 2 atom stereocenters. The third-order valence-corrected chi connectivity index (χ3v) is 3.14. The van der Waals surface area contributed by atoms with Gasteiger partial charge >= 0.3 is 0 Å². The molecule has 82 valence electrons. The van der Waals surface area contributed by atoms with E-state index in [1.165, 1.54) is 19.4 Å². The summed E-state index contributed by atoms with van der Waals surface area (Å²) in [7, 11) is 0. The average Bonchev–Trinajstić information content (AvgIpc) is 2.10. The van der Waals surface area contributed by atoms with Crippen molar-refractivity contribution in [2.45, 2.75) is 45.6 Å². The van der Waals surface area contributed by atoms with E-state index in [9.17, 15) is 0 Å². The fourth-order valence-electron chi connectivity index (χ4n) is 2.16. The van der Waals surface area contributed by atoms with E-state index in [0.29, 0.717) is 5.84 Å². The van der Waals surface area contributed by atoms with Crippen LogP contribution in [0.1, 0.15) is 39.5 Å². The first-order valence-electron chi connectivity index (χ1n) is 5.66. The quantitative estimate of drug-likeness (QED) is 0.533. The molecule has 1 rings (SSSR count). The van der Waals surface area contributed by atoms with E-state index in [2.05, 4.69) is 18.7 Å². The summed E-state index contributed by atoms with van der Waals surface area (Å²) >= 11 is 0. The lowest BCUT2D eigenvalue weighted by molar-refractivity contribution is 0.124. The molecule has 1 aliphatic rings. The molecular weight excluding hydrogens is 174 g/mol. The summed E-state index contributed by atoms with van der Waals surface area (Å²) in [6, 6.07) is 0.721. The van der Waals surface area contributed by atoms with Gasteiger partial charge in [-0.25, -0.2) is 0 Å². The van der Waals surface area contributed by atoms with Gasteiger partial charge in [-0.3, -0.25) is 5.41 Å². The molecule has 0 aromatic carbocycles. The molecule has 0 aromatic rings. The minimum atomic E-state index is 0.322. The number of piperidine rings is 1. The van der Waals surface area contributed by atoms with Crippen LogP contribution < -0.4 is 5.73 Å². The Morgan fingerprint density at radius 2 is 2.14 bits per heavy atom. The average molecular weight is 197 g/mol. The first kappa shape index (κ1) is 11.5. The van der Waals surface area contributed by atoms with Gasteiger partial charge in [0.05, 0.1) is 5.84 Å². The van der Waals surface area contributed by atoms with E-state index in [0.717, 1.165) is 31.3 Å². The zero-order valence-electron chi connectivity index (χ0n) is 9.42. The minimum absolute atomic E-state index is 0.322. The van der Waals surface area contributed by atoms with Gasteiger partial charge in [-0.2, -0.15) is 0 Å². The fraction of sp³-hybridized carbons (Fsp3) is 0.909. The van der Waals surface area contributed by atoms with Crippen molar-refractivity contribution < 1.29 is 0 Å². The number of likely N-dealkylation sites (tertiary alicyclic amines) is 1. The molecule has 0 aromatic heterocycles. The Balaban J connectivity index is 2.24. The second-order valence-electron chi connectivity index (χ2n) is 4.66. The van der Waals surface area contributed by atoms with Gasteiger partial charge in [-0.05, 0) is 38.6 Å². The Kier molecular flexibility index (Phi) is 4.39. The largest absolute Gasteiger partial charge is 0.388 e. The van der Waals surface area contributed by atoms with Crippen LogP contribution in [0.2, 0.25) is 0 Å². The third kappa shape index (κ3) is 3.66. The molecule has 0 aliphatic carbocycles. The molecule has 1 heterocycles. The number of hydrogen-bond donors (Lipinski definition) is 2.